The van der Waals surface area contributed by atoms with E-state index in [0.717, 1.165) is 39.6 Å². The van der Waals surface area contributed by atoms with Crippen LogP contribution in [-0.4, -0.2) is 6.54 Å². The molecule has 0 aromatic heterocycles. The van der Waals surface area contributed by atoms with Crippen LogP contribution in [0.1, 0.15) is 16.7 Å². The first-order valence-corrected chi connectivity index (χ1v) is 7.20. The fourth-order valence-electron chi connectivity index (χ4n) is 1.98. The molecule has 4 heteroatoms. The maximum Gasteiger partial charge on any atom is 0.132 e. The molecule has 0 atom stereocenters. The Morgan fingerprint density at radius 3 is 2.45 bits per heavy atom. The monoisotopic (exact) mass is 309 g/mol. The van der Waals surface area contributed by atoms with Gasteiger partial charge in [0.15, 0.2) is 0 Å². The molecule has 0 amide bonds. The van der Waals surface area contributed by atoms with Crippen LogP contribution in [0.2, 0.25) is 10.0 Å². The Bertz CT molecular complexity index is 626. The van der Waals surface area contributed by atoms with Gasteiger partial charge in [-0.15, -0.1) is 0 Å². The minimum Gasteiger partial charge on any atom is -0.457 e. The van der Waals surface area contributed by atoms with Gasteiger partial charge in [0.05, 0.1) is 0 Å². The Morgan fingerprint density at radius 2 is 1.75 bits per heavy atom. The fraction of sp³-hybridized carbons (Fsp3) is 0.250. The molecule has 0 radical (unpaired) electrons. The van der Waals surface area contributed by atoms with Crippen LogP contribution in [0.5, 0.6) is 11.5 Å². The highest BCUT2D eigenvalue weighted by Gasteiger charge is 2.10. The van der Waals surface area contributed by atoms with Crippen LogP contribution in [0.25, 0.3) is 0 Å². The highest BCUT2D eigenvalue weighted by Crippen LogP contribution is 2.33. The smallest absolute Gasteiger partial charge is 0.132 e. The lowest BCUT2D eigenvalue weighted by atomic mass is 10.1. The lowest BCUT2D eigenvalue weighted by Crippen LogP contribution is -2.04. The maximum absolute atomic E-state index is 6.10. The van der Waals surface area contributed by atoms with Crippen molar-refractivity contribution in [2.45, 2.75) is 20.3 Å². The number of rotatable bonds is 4. The van der Waals surface area contributed by atoms with Crippen molar-refractivity contribution in [1.82, 2.24) is 0 Å². The van der Waals surface area contributed by atoms with E-state index in [0.29, 0.717) is 11.6 Å². The average Bonchev–Trinajstić information content (AvgIpc) is 2.42. The van der Waals surface area contributed by atoms with Gasteiger partial charge in [-0.05, 0) is 67.8 Å². The molecule has 0 aliphatic heterocycles. The minimum absolute atomic E-state index is 0.566. The molecule has 0 saturated heterocycles. The largest absolute Gasteiger partial charge is 0.457 e. The molecule has 0 saturated carbocycles. The van der Waals surface area contributed by atoms with Crippen molar-refractivity contribution in [3.8, 4) is 11.5 Å². The normalized spacial score (nSPS) is 10.7. The molecule has 2 aromatic carbocycles. The van der Waals surface area contributed by atoms with E-state index in [1.807, 2.05) is 44.2 Å². The van der Waals surface area contributed by atoms with Crippen molar-refractivity contribution in [2.24, 2.45) is 5.73 Å². The van der Waals surface area contributed by atoms with E-state index < -0.39 is 0 Å². The van der Waals surface area contributed by atoms with Crippen LogP contribution in [0.15, 0.2) is 30.3 Å². The summed E-state index contributed by atoms with van der Waals surface area (Å²) in [5.74, 6) is 1.53. The molecule has 0 bridgehead atoms. The van der Waals surface area contributed by atoms with Gasteiger partial charge in [-0.2, -0.15) is 0 Å². The van der Waals surface area contributed by atoms with Gasteiger partial charge in [-0.1, -0.05) is 29.3 Å². The molecule has 0 unspecified atom stereocenters. The Hall–Kier alpha value is -1.22. The molecule has 2 N–H and O–H groups in total. The summed E-state index contributed by atoms with van der Waals surface area (Å²) in [5, 5.41) is 1.38. The number of hydrogen-bond donors (Lipinski definition) is 1. The molecule has 0 fully saturated rings. The molecule has 20 heavy (non-hydrogen) atoms. The third-order valence-corrected chi connectivity index (χ3v) is 3.98. The third kappa shape index (κ3) is 3.26. The topological polar surface area (TPSA) is 35.2 Å². The van der Waals surface area contributed by atoms with Crippen molar-refractivity contribution >= 4 is 23.2 Å². The summed E-state index contributed by atoms with van der Waals surface area (Å²) in [6.45, 7) is 4.53. The molecule has 2 rings (SSSR count). The Labute approximate surface area is 129 Å². The molecule has 0 spiro atoms. The molecule has 0 aliphatic carbocycles. The standard InChI is InChI=1S/C16H17Cl2NO/c1-10-11(2)15(6-5-14(10)18)20-16-9-13(17)4-3-12(16)7-8-19/h3-6,9H,7-8,19H2,1-2H3. The number of benzene rings is 2. The first-order valence-electron chi connectivity index (χ1n) is 6.45. The zero-order valence-electron chi connectivity index (χ0n) is 11.5. The summed E-state index contributed by atoms with van der Waals surface area (Å²) in [6, 6.07) is 9.32. The maximum atomic E-state index is 6.10. The second kappa shape index (κ2) is 6.49. The molecule has 2 nitrogen and oxygen atoms in total. The summed E-state index contributed by atoms with van der Waals surface area (Å²) in [6.07, 6.45) is 0.748. The molecular weight excluding hydrogens is 293 g/mol. The number of nitrogens with two attached hydrogens (primary N) is 1. The van der Waals surface area contributed by atoms with Gasteiger partial charge >= 0.3 is 0 Å². The van der Waals surface area contributed by atoms with Gasteiger partial charge < -0.3 is 10.5 Å². The SMILES string of the molecule is Cc1c(Cl)ccc(Oc2cc(Cl)ccc2CCN)c1C. The van der Waals surface area contributed by atoms with E-state index in [9.17, 15) is 0 Å². The first-order chi connectivity index (χ1) is 9.52. The second-order valence-electron chi connectivity index (χ2n) is 4.69. The molecule has 2 aromatic rings. The van der Waals surface area contributed by atoms with Crippen LogP contribution >= 0.6 is 23.2 Å². The van der Waals surface area contributed by atoms with Crippen molar-refractivity contribution in [1.29, 1.82) is 0 Å². The molecule has 0 aliphatic rings. The number of ether oxygens (including phenoxy) is 1. The first kappa shape index (κ1) is 15.2. The summed E-state index contributed by atoms with van der Waals surface area (Å²) < 4.78 is 6.01. The predicted molar refractivity (Wildman–Crippen MR) is 85.2 cm³/mol. The lowest BCUT2D eigenvalue weighted by Gasteiger charge is -2.15. The number of hydrogen-bond acceptors (Lipinski definition) is 2. The van der Waals surface area contributed by atoms with Crippen LogP contribution in [-0.2, 0) is 6.42 Å². The highest BCUT2D eigenvalue weighted by molar-refractivity contribution is 6.31. The van der Waals surface area contributed by atoms with E-state index >= 15 is 0 Å². The van der Waals surface area contributed by atoms with Crippen molar-refractivity contribution in [3.63, 3.8) is 0 Å². The van der Waals surface area contributed by atoms with Gasteiger partial charge in [0.2, 0.25) is 0 Å². The summed E-state index contributed by atoms with van der Waals surface area (Å²) in [7, 11) is 0. The quantitative estimate of drug-likeness (QED) is 0.871. The highest BCUT2D eigenvalue weighted by atomic mass is 35.5. The van der Waals surface area contributed by atoms with Crippen molar-refractivity contribution in [3.05, 3.63) is 57.1 Å². The second-order valence-corrected chi connectivity index (χ2v) is 5.53. The minimum atomic E-state index is 0.566. The predicted octanol–water partition coefficient (Wildman–Crippen LogP) is 4.90. The summed E-state index contributed by atoms with van der Waals surface area (Å²) in [4.78, 5) is 0. The van der Waals surface area contributed by atoms with Gasteiger partial charge in [0, 0.05) is 10.0 Å². The van der Waals surface area contributed by atoms with Crippen molar-refractivity contribution in [2.75, 3.05) is 6.54 Å². The van der Waals surface area contributed by atoms with E-state index in [1.54, 1.807) is 0 Å². The Kier molecular flexibility index (Phi) is 4.92. The van der Waals surface area contributed by atoms with Gasteiger partial charge in [-0.25, -0.2) is 0 Å². The summed E-state index contributed by atoms with van der Waals surface area (Å²) in [5.41, 5.74) is 8.72. The van der Waals surface area contributed by atoms with E-state index in [4.69, 9.17) is 33.7 Å². The van der Waals surface area contributed by atoms with E-state index in [2.05, 4.69) is 0 Å². The van der Waals surface area contributed by atoms with Gasteiger partial charge in [0.25, 0.3) is 0 Å². The molecule has 106 valence electrons. The Balaban J connectivity index is 2.39. The Morgan fingerprint density at radius 1 is 1.00 bits per heavy atom. The molecular formula is C16H17Cl2NO. The van der Waals surface area contributed by atoms with Crippen LogP contribution < -0.4 is 10.5 Å². The van der Waals surface area contributed by atoms with Crippen LogP contribution in [0.4, 0.5) is 0 Å². The summed E-state index contributed by atoms with van der Waals surface area (Å²) >= 11 is 12.1. The van der Waals surface area contributed by atoms with Crippen LogP contribution in [0, 0.1) is 13.8 Å². The zero-order chi connectivity index (χ0) is 14.7. The van der Waals surface area contributed by atoms with Gasteiger partial charge in [-0.3, -0.25) is 0 Å². The third-order valence-electron chi connectivity index (χ3n) is 3.33. The van der Waals surface area contributed by atoms with E-state index in [1.165, 1.54) is 0 Å². The molecule has 0 heterocycles. The van der Waals surface area contributed by atoms with Crippen molar-refractivity contribution < 1.29 is 4.74 Å². The lowest BCUT2D eigenvalue weighted by molar-refractivity contribution is 0.472. The van der Waals surface area contributed by atoms with Gasteiger partial charge in [0.1, 0.15) is 11.5 Å². The van der Waals surface area contributed by atoms with Crippen LogP contribution in [0.3, 0.4) is 0 Å². The zero-order valence-corrected chi connectivity index (χ0v) is 13.1. The fourth-order valence-corrected chi connectivity index (χ4v) is 2.34. The van der Waals surface area contributed by atoms with E-state index in [-0.39, 0.29) is 0 Å². The average molecular weight is 310 g/mol. The number of halogens is 2.